The maximum atomic E-state index is 14.7. The third-order valence-electron chi connectivity index (χ3n) is 9.58. The van der Waals surface area contributed by atoms with Crippen molar-refractivity contribution >= 4 is 39.3 Å². The van der Waals surface area contributed by atoms with Gasteiger partial charge in [-0.3, -0.25) is 14.4 Å². The van der Waals surface area contributed by atoms with Crippen LogP contribution < -0.4 is 4.90 Å². The summed E-state index contributed by atoms with van der Waals surface area (Å²) in [6, 6.07) is 7.70. The Morgan fingerprint density at radius 1 is 1.17 bits per heavy atom. The molecule has 1 aromatic rings. The number of hydrogen-bond donors (Lipinski definition) is 1. The molecule has 8 nitrogen and oxygen atoms in total. The standard InChI is InChI=1S/C33H46BrN3O5/c1-7-14-22(6)35(17-8-2)32(41)29-33-19-24(34)28(42-33)26(27(33)31(40)37(29)25(20-38)21(5)10-4)30(39)36(18-9-3)23-15-12-11-13-16-23/h8-9,11-13,15-16,21-22,24-29,38H,2-3,7,10,14,17-20H2,1,4-6H3/t21-,22?,24?,25-,26+,27-,28+,29?,33?/m0/s1. The first-order chi connectivity index (χ1) is 20.1. The third kappa shape index (κ3) is 5.37. The second-order valence-electron chi connectivity index (χ2n) is 12.0. The van der Waals surface area contributed by atoms with Crippen LogP contribution in [0.5, 0.6) is 0 Å². The molecule has 0 aromatic heterocycles. The number of aliphatic hydroxyl groups excluding tert-OH is 1. The van der Waals surface area contributed by atoms with Crippen molar-refractivity contribution in [3.8, 4) is 0 Å². The van der Waals surface area contributed by atoms with Crippen LogP contribution in [-0.2, 0) is 19.1 Å². The van der Waals surface area contributed by atoms with E-state index in [4.69, 9.17) is 4.74 Å². The number of benzene rings is 1. The van der Waals surface area contributed by atoms with E-state index in [1.807, 2.05) is 51.1 Å². The topological polar surface area (TPSA) is 90.4 Å². The molecule has 0 saturated carbocycles. The van der Waals surface area contributed by atoms with E-state index in [0.717, 1.165) is 12.8 Å². The molecule has 0 radical (unpaired) electrons. The lowest BCUT2D eigenvalue weighted by Gasteiger charge is -2.42. The number of nitrogens with zero attached hydrogens (tertiary/aromatic N) is 3. The molecular weight excluding hydrogens is 598 g/mol. The zero-order valence-electron chi connectivity index (χ0n) is 25.3. The molecule has 4 unspecified atom stereocenters. The summed E-state index contributed by atoms with van der Waals surface area (Å²) in [5.41, 5.74) is -0.491. The number of rotatable bonds is 14. The normalized spacial score (nSPS) is 30.0. The minimum Gasteiger partial charge on any atom is -0.394 e. The third-order valence-corrected chi connectivity index (χ3v) is 10.4. The average Bonchev–Trinajstić information content (AvgIpc) is 3.58. The number of halogens is 1. The predicted octanol–water partition coefficient (Wildman–Crippen LogP) is 4.56. The number of aliphatic hydroxyl groups is 1. The van der Waals surface area contributed by atoms with E-state index in [1.165, 1.54) is 0 Å². The molecule has 3 aliphatic heterocycles. The first-order valence-electron chi connectivity index (χ1n) is 15.3. The number of ether oxygens (including phenoxy) is 1. The fourth-order valence-electron chi connectivity index (χ4n) is 7.40. The zero-order chi connectivity index (χ0) is 30.8. The van der Waals surface area contributed by atoms with Crippen LogP contribution in [0.4, 0.5) is 5.69 Å². The van der Waals surface area contributed by atoms with Gasteiger partial charge in [0.15, 0.2) is 0 Å². The molecule has 1 aromatic carbocycles. The Balaban J connectivity index is 1.85. The van der Waals surface area contributed by atoms with Crippen molar-refractivity contribution in [3.63, 3.8) is 0 Å². The maximum absolute atomic E-state index is 14.7. The van der Waals surface area contributed by atoms with Gasteiger partial charge in [0, 0.05) is 29.6 Å². The lowest BCUT2D eigenvalue weighted by molar-refractivity contribution is -0.153. The molecule has 9 atom stereocenters. The highest BCUT2D eigenvalue weighted by Gasteiger charge is 2.77. The van der Waals surface area contributed by atoms with Crippen LogP contribution in [0, 0.1) is 17.8 Å². The molecule has 4 rings (SSSR count). The zero-order valence-corrected chi connectivity index (χ0v) is 26.9. The Hall–Kier alpha value is -2.49. The van der Waals surface area contributed by atoms with Gasteiger partial charge in [-0.05, 0) is 37.8 Å². The van der Waals surface area contributed by atoms with E-state index < -0.39 is 35.6 Å². The number of fused-ring (bicyclic) bond motifs is 1. The fourth-order valence-corrected chi connectivity index (χ4v) is 8.34. The van der Waals surface area contributed by atoms with Gasteiger partial charge < -0.3 is 24.5 Å². The maximum Gasteiger partial charge on any atom is 0.248 e. The number of hydrogen-bond acceptors (Lipinski definition) is 5. The van der Waals surface area contributed by atoms with Crippen LogP contribution in [0.2, 0.25) is 0 Å². The van der Waals surface area contributed by atoms with Gasteiger partial charge in [0.25, 0.3) is 0 Å². The van der Waals surface area contributed by atoms with Crippen molar-refractivity contribution < 1.29 is 24.2 Å². The Morgan fingerprint density at radius 2 is 1.83 bits per heavy atom. The van der Waals surface area contributed by atoms with Crippen molar-refractivity contribution in [2.75, 3.05) is 24.6 Å². The molecule has 0 aliphatic carbocycles. The number of amides is 3. The second-order valence-corrected chi connectivity index (χ2v) is 13.2. The van der Waals surface area contributed by atoms with Gasteiger partial charge in [-0.1, -0.05) is 79.9 Å². The number of carbonyl (C=O) groups is 3. The molecule has 42 heavy (non-hydrogen) atoms. The molecule has 1 N–H and O–H groups in total. The summed E-state index contributed by atoms with van der Waals surface area (Å²) in [7, 11) is 0. The van der Waals surface area contributed by atoms with E-state index in [-0.39, 0.29) is 47.7 Å². The lowest BCUT2D eigenvalue weighted by atomic mass is 9.70. The van der Waals surface area contributed by atoms with Crippen LogP contribution in [-0.4, -0.2) is 87.0 Å². The smallest absolute Gasteiger partial charge is 0.248 e. The van der Waals surface area contributed by atoms with Crippen molar-refractivity contribution in [3.05, 3.63) is 55.6 Å². The number of alkyl halides is 1. The lowest BCUT2D eigenvalue weighted by Crippen LogP contribution is -2.61. The number of anilines is 1. The Bertz CT molecular complexity index is 1160. The van der Waals surface area contributed by atoms with E-state index in [0.29, 0.717) is 25.1 Å². The van der Waals surface area contributed by atoms with Gasteiger partial charge in [0.05, 0.1) is 30.6 Å². The molecule has 1 spiro atoms. The Kier molecular flexibility index (Phi) is 10.4. The molecule has 230 valence electrons. The van der Waals surface area contributed by atoms with Crippen LogP contribution in [0.1, 0.15) is 53.4 Å². The van der Waals surface area contributed by atoms with E-state index >= 15 is 0 Å². The number of para-hydroxylation sites is 1. The summed E-state index contributed by atoms with van der Waals surface area (Å²) >= 11 is 3.78. The van der Waals surface area contributed by atoms with Crippen LogP contribution in [0.25, 0.3) is 0 Å². The monoisotopic (exact) mass is 643 g/mol. The summed E-state index contributed by atoms with van der Waals surface area (Å²) in [4.78, 5) is 48.6. The number of carbonyl (C=O) groups excluding carboxylic acids is 3. The summed E-state index contributed by atoms with van der Waals surface area (Å²) in [5.74, 6) is -2.45. The van der Waals surface area contributed by atoms with Gasteiger partial charge in [-0.25, -0.2) is 0 Å². The number of likely N-dealkylation sites (tertiary alicyclic amines) is 1. The van der Waals surface area contributed by atoms with E-state index in [2.05, 4.69) is 36.0 Å². The molecular formula is C33H46BrN3O5. The largest absolute Gasteiger partial charge is 0.394 e. The summed E-state index contributed by atoms with van der Waals surface area (Å²) in [6.45, 7) is 16.1. The van der Waals surface area contributed by atoms with E-state index in [9.17, 15) is 19.5 Å². The van der Waals surface area contributed by atoms with Crippen LogP contribution in [0.15, 0.2) is 55.6 Å². The van der Waals surface area contributed by atoms with Gasteiger partial charge in [-0.2, -0.15) is 0 Å². The molecule has 3 fully saturated rings. The minimum atomic E-state index is -1.20. The summed E-state index contributed by atoms with van der Waals surface area (Å²) < 4.78 is 6.77. The van der Waals surface area contributed by atoms with Gasteiger partial charge in [0.1, 0.15) is 11.6 Å². The molecule has 3 aliphatic rings. The second kappa shape index (κ2) is 13.4. The predicted molar refractivity (Wildman–Crippen MR) is 168 cm³/mol. The molecule has 9 heteroatoms. The van der Waals surface area contributed by atoms with Gasteiger partial charge >= 0.3 is 0 Å². The highest BCUT2D eigenvalue weighted by molar-refractivity contribution is 9.09. The fraction of sp³-hybridized carbons (Fsp3) is 0.606. The molecule has 3 amide bonds. The van der Waals surface area contributed by atoms with E-state index in [1.54, 1.807) is 26.9 Å². The summed E-state index contributed by atoms with van der Waals surface area (Å²) in [6.07, 6.45) is 5.62. The Morgan fingerprint density at radius 3 is 2.40 bits per heavy atom. The molecule has 3 heterocycles. The van der Waals surface area contributed by atoms with Crippen molar-refractivity contribution in [1.29, 1.82) is 0 Å². The average molecular weight is 645 g/mol. The quantitative estimate of drug-likeness (QED) is 0.237. The highest BCUT2D eigenvalue weighted by Crippen LogP contribution is 2.61. The van der Waals surface area contributed by atoms with Crippen LogP contribution >= 0.6 is 15.9 Å². The first kappa shape index (κ1) is 32.4. The first-order valence-corrected chi connectivity index (χ1v) is 16.2. The van der Waals surface area contributed by atoms with Crippen LogP contribution in [0.3, 0.4) is 0 Å². The Labute approximate surface area is 258 Å². The van der Waals surface area contributed by atoms with Gasteiger partial charge in [-0.15, -0.1) is 13.2 Å². The molecule has 3 saturated heterocycles. The van der Waals surface area contributed by atoms with Crippen molar-refractivity contribution in [2.45, 2.75) is 88.0 Å². The van der Waals surface area contributed by atoms with Crippen molar-refractivity contribution in [1.82, 2.24) is 9.80 Å². The SMILES string of the molecule is C=CCN(C(=O)[C@H]1[C@@H]2OC3(CC2Br)C(C(=O)N(CC=C)C(C)CCC)N([C@@H](CO)[C@@H](C)CC)C(=O)[C@H]13)c1ccccc1. The highest BCUT2D eigenvalue weighted by atomic mass is 79.9. The van der Waals surface area contributed by atoms with Crippen molar-refractivity contribution in [2.24, 2.45) is 17.8 Å². The van der Waals surface area contributed by atoms with Gasteiger partial charge in [0.2, 0.25) is 17.7 Å². The summed E-state index contributed by atoms with van der Waals surface area (Å²) in [5, 5.41) is 10.6. The minimum absolute atomic E-state index is 0.0712. The molecule has 2 bridgehead atoms.